The number of aliphatic carboxylic acids is 1. The molecule has 4 heteroatoms. The van der Waals surface area contributed by atoms with E-state index in [2.05, 4.69) is 11.8 Å². The maximum Gasteiger partial charge on any atom is 0.323 e. The van der Waals surface area contributed by atoms with E-state index in [1.165, 1.54) is 12.8 Å². The minimum absolute atomic E-state index is 0.277. The summed E-state index contributed by atoms with van der Waals surface area (Å²) >= 11 is 0. The van der Waals surface area contributed by atoms with Crippen LogP contribution in [0.2, 0.25) is 0 Å². The fourth-order valence-corrected chi connectivity index (χ4v) is 2.23. The highest BCUT2D eigenvalue weighted by atomic mass is 16.5. The van der Waals surface area contributed by atoms with Gasteiger partial charge in [0.15, 0.2) is 0 Å². The summed E-state index contributed by atoms with van der Waals surface area (Å²) in [6.45, 7) is 3.26. The van der Waals surface area contributed by atoms with E-state index >= 15 is 0 Å². The molecule has 15 heavy (non-hydrogen) atoms. The van der Waals surface area contributed by atoms with Gasteiger partial charge in [0.1, 0.15) is 6.04 Å². The van der Waals surface area contributed by atoms with Gasteiger partial charge in [0, 0.05) is 13.2 Å². The van der Waals surface area contributed by atoms with Crippen molar-refractivity contribution in [1.29, 1.82) is 0 Å². The highest BCUT2D eigenvalue weighted by molar-refractivity contribution is 5.73. The molecule has 1 rings (SSSR count). The van der Waals surface area contributed by atoms with E-state index < -0.39 is 12.0 Å². The molecule has 0 spiro atoms. The third-order valence-corrected chi connectivity index (χ3v) is 3.11. The van der Waals surface area contributed by atoms with Gasteiger partial charge < -0.3 is 9.84 Å². The number of carbonyl (C=O) groups is 1. The van der Waals surface area contributed by atoms with Gasteiger partial charge in [-0.15, -0.1) is 0 Å². The monoisotopic (exact) mass is 215 g/mol. The summed E-state index contributed by atoms with van der Waals surface area (Å²) in [6.07, 6.45) is 4.60. The Morgan fingerprint density at radius 1 is 1.53 bits per heavy atom. The number of hydrogen-bond donors (Lipinski definition) is 1. The van der Waals surface area contributed by atoms with Crippen LogP contribution in [0.15, 0.2) is 0 Å². The molecule has 2 atom stereocenters. The van der Waals surface area contributed by atoms with Crippen LogP contribution in [0.5, 0.6) is 0 Å². The predicted octanol–water partition coefficient (Wildman–Crippen LogP) is 1.35. The molecule has 2 unspecified atom stereocenters. The lowest BCUT2D eigenvalue weighted by Crippen LogP contribution is -2.48. The molecule has 0 aromatic heterocycles. The molecule has 4 nitrogen and oxygen atoms in total. The molecule has 1 aliphatic heterocycles. The Kier molecular flexibility index (Phi) is 5.05. The van der Waals surface area contributed by atoms with Crippen molar-refractivity contribution in [2.75, 3.05) is 20.3 Å². The Morgan fingerprint density at radius 2 is 2.27 bits per heavy atom. The second-order valence-corrected chi connectivity index (χ2v) is 4.25. The zero-order valence-electron chi connectivity index (χ0n) is 9.61. The lowest BCUT2D eigenvalue weighted by Gasteiger charge is -2.32. The minimum atomic E-state index is -0.773. The van der Waals surface area contributed by atoms with Crippen molar-refractivity contribution in [3.63, 3.8) is 0 Å². The molecule has 1 heterocycles. The molecule has 0 saturated carbocycles. The Labute approximate surface area is 91.2 Å². The lowest BCUT2D eigenvalue weighted by atomic mass is 10.1. The van der Waals surface area contributed by atoms with Crippen LogP contribution < -0.4 is 0 Å². The number of hydrogen-bond acceptors (Lipinski definition) is 3. The average molecular weight is 215 g/mol. The van der Waals surface area contributed by atoms with Crippen molar-refractivity contribution in [3.05, 3.63) is 0 Å². The van der Waals surface area contributed by atoms with Crippen molar-refractivity contribution in [1.82, 2.24) is 4.90 Å². The zero-order valence-corrected chi connectivity index (χ0v) is 9.61. The molecular formula is C11H21NO3. The first-order valence-corrected chi connectivity index (χ1v) is 5.64. The van der Waals surface area contributed by atoms with Gasteiger partial charge in [0.2, 0.25) is 0 Å². The largest absolute Gasteiger partial charge is 0.480 e. The number of likely N-dealkylation sites (tertiary alicyclic amines) is 1. The van der Waals surface area contributed by atoms with Gasteiger partial charge in [-0.25, -0.2) is 0 Å². The summed E-state index contributed by atoms with van der Waals surface area (Å²) < 4.78 is 4.99. The molecule has 1 saturated heterocycles. The third kappa shape index (κ3) is 3.47. The molecule has 0 amide bonds. The maximum absolute atomic E-state index is 11.1. The van der Waals surface area contributed by atoms with Crippen LogP contribution in [0, 0.1) is 0 Å². The lowest BCUT2D eigenvalue weighted by molar-refractivity contribution is -0.146. The highest BCUT2D eigenvalue weighted by Gasteiger charge is 2.29. The summed E-state index contributed by atoms with van der Waals surface area (Å²) in [6, 6.07) is -0.133. The number of carboxylic acids is 1. The fourth-order valence-electron chi connectivity index (χ4n) is 2.23. The van der Waals surface area contributed by atoms with Crippen LogP contribution in [-0.4, -0.2) is 48.3 Å². The number of methoxy groups -OCH3 is 1. The molecule has 1 N–H and O–H groups in total. The first kappa shape index (κ1) is 12.5. The van der Waals surface area contributed by atoms with E-state index in [-0.39, 0.29) is 6.61 Å². The Hall–Kier alpha value is -0.610. The number of ether oxygens (including phenoxy) is 1. The molecule has 1 fully saturated rings. The van der Waals surface area contributed by atoms with Crippen molar-refractivity contribution >= 4 is 5.97 Å². The molecular weight excluding hydrogens is 194 g/mol. The summed E-state index contributed by atoms with van der Waals surface area (Å²) in [5.41, 5.74) is 0. The summed E-state index contributed by atoms with van der Waals surface area (Å²) in [4.78, 5) is 13.2. The quantitative estimate of drug-likeness (QED) is 0.769. The highest BCUT2D eigenvalue weighted by Crippen LogP contribution is 2.19. The topological polar surface area (TPSA) is 49.8 Å². The number of rotatable bonds is 4. The van der Waals surface area contributed by atoms with Gasteiger partial charge in [-0.1, -0.05) is 12.8 Å². The average Bonchev–Trinajstić information content (AvgIpc) is 2.39. The van der Waals surface area contributed by atoms with E-state index in [4.69, 9.17) is 9.84 Å². The van der Waals surface area contributed by atoms with Gasteiger partial charge >= 0.3 is 5.97 Å². The molecule has 0 aromatic rings. The van der Waals surface area contributed by atoms with E-state index in [1.54, 1.807) is 7.11 Å². The van der Waals surface area contributed by atoms with E-state index in [1.807, 2.05) is 0 Å². The van der Waals surface area contributed by atoms with E-state index in [0.29, 0.717) is 6.04 Å². The molecule has 0 bridgehead atoms. The van der Waals surface area contributed by atoms with Gasteiger partial charge in [-0.2, -0.15) is 0 Å². The first-order chi connectivity index (χ1) is 7.16. The Bertz CT molecular complexity index is 208. The van der Waals surface area contributed by atoms with Gasteiger partial charge in [0.25, 0.3) is 0 Å². The normalized spacial score (nSPS) is 25.9. The minimum Gasteiger partial charge on any atom is -0.480 e. The van der Waals surface area contributed by atoms with Crippen molar-refractivity contribution < 1.29 is 14.6 Å². The van der Waals surface area contributed by atoms with Crippen LogP contribution in [-0.2, 0) is 9.53 Å². The second kappa shape index (κ2) is 6.08. The SMILES string of the molecule is COCC(C(=O)O)N1CCCCCC1C. The first-order valence-electron chi connectivity index (χ1n) is 5.64. The maximum atomic E-state index is 11.1. The predicted molar refractivity (Wildman–Crippen MR) is 57.9 cm³/mol. The third-order valence-electron chi connectivity index (χ3n) is 3.11. The molecule has 0 aromatic carbocycles. The van der Waals surface area contributed by atoms with Crippen LogP contribution >= 0.6 is 0 Å². The Balaban J connectivity index is 2.65. The van der Waals surface area contributed by atoms with E-state index in [9.17, 15) is 4.79 Å². The van der Waals surface area contributed by atoms with Gasteiger partial charge in [-0.3, -0.25) is 9.69 Å². The zero-order chi connectivity index (χ0) is 11.3. The van der Waals surface area contributed by atoms with Gasteiger partial charge in [-0.05, 0) is 26.3 Å². The number of carboxylic acid groups (broad SMARTS) is 1. The molecule has 0 aliphatic carbocycles. The van der Waals surface area contributed by atoms with Crippen LogP contribution in [0.4, 0.5) is 0 Å². The second-order valence-electron chi connectivity index (χ2n) is 4.25. The van der Waals surface area contributed by atoms with Crippen molar-refractivity contribution in [3.8, 4) is 0 Å². The van der Waals surface area contributed by atoms with E-state index in [0.717, 1.165) is 19.4 Å². The van der Waals surface area contributed by atoms with Crippen LogP contribution in [0.25, 0.3) is 0 Å². The van der Waals surface area contributed by atoms with Crippen molar-refractivity contribution in [2.24, 2.45) is 0 Å². The molecule has 0 radical (unpaired) electrons. The van der Waals surface area contributed by atoms with Crippen molar-refractivity contribution in [2.45, 2.75) is 44.7 Å². The summed E-state index contributed by atoms with van der Waals surface area (Å²) in [5.74, 6) is -0.773. The van der Waals surface area contributed by atoms with Gasteiger partial charge in [0.05, 0.1) is 6.61 Å². The van der Waals surface area contributed by atoms with Crippen LogP contribution in [0.3, 0.4) is 0 Å². The summed E-state index contributed by atoms with van der Waals surface area (Å²) in [5, 5.41) is 9.14. The summed E-state index contributed by atoms with van der Waals surface area (Å²) in [7, 11) is 1.55. The Morgan fingerprint density at radius 3 is 2.87 bits per heavy atom. The fraction of sp³-hybridized carbons (Fsp3) is 0.909. The molecule has 88 valence electrons. The standard InChI is InChI=1S/C11H21NO3/c1-9-6-4-3-5-7-12(9)10(8-15-2)11(13)14/h9-10H,3-8H2,1-2H3,(H,13,14). The smallest absolute Gasteiger partial charge is 0.323 e. The molecule has 1 aliphatic rings. The number of nitrogens with zero attached hydrogens (tertiary/aromatic N) is 1. The van der Waals surface area contributed by atoms with Crippen LogP contribution in [0.1, 0.15) is 32.6 Å².